The highest BCUT2D eigenvalue weighted by atomic mass is 16.3. The van der Waals surface area contributed by atoms with E-state index in [9.17, 15) is 19.5 Å². The molecule has 3 amide bonds. The first kappa shape index (κ1) is 30.4. The van der Waals surface area contributed by atoms with Gasteiger partial charge in [-0.05, 0) is 29.8 Å². The van der Waals surface area contributed by atoms with Gasteiger partial charge in [0.1, 0.15) is 0 Å². The summed E-state index contributed by atoms with van der Waals surface area (Å²) in [4.78, 5) is 51.4. The molecule has 0 aliphatic rings. The van der Waals surface area contributed by atoms with Crippen LogP contribution in [-0.4, -0.2) is 93.4 Å². The Morgan fingerprint density at radius 1 is 0.750 bits per heavy atom. The van der Waals surface area contributed by atoms with Crippen LogP contribution >= 0.6 is 0 Å². The molecule has 0 bridgehead atoms. The Hall–Kier alpha value is -4.19. The Kier molecular flexibility index (Phi) is 12.7. The number of aliphatic hydroxyl groups excluding tert-OH is 1. The first-order chi connectivity index (χ1) is 19.4. The molecule has 40 heavy (non-hydrogen) atoms. The number of nitrogens with one attached hydrogen (secondary N) is 1. The minimum absolute atomic E-state index is 0.00647. The van der Waals surface area contributed by atoms with Gasteiger partial charge in [0.05, 0.1) is 37.6 Å². The highest BCUT2D eigenvalue weighted by Gasteiger charge is 2.21. The first-order valence-corrected chi connectivity index (χ1v) is 13.1. The summed E-state index contributed by atoms with van der Waals surface area (Å²) in [5, 5.41) is 12.3. The van der Waals surface area contributed by atoms with E-state index in [-0.39, 0.29) is 44.6 Å². The molecule has 0 saturated heterocycles. The van der Waals surface area contributed by atoms with Crippen molar-refractivity contribution in [2.24, 2.45) is 5.73 Å². The van der Waals surface area contributed by atoms with E-state index in [0.29, 0.717) is 32.7 Å². The van der Waals surface area contributed by atoms with Crippen LogP contribution in [0.4, 0.5) is 0 Å². The number of aromatic nitrogens is 2. The van der Waals surface area contributed by atoms with Crippen molar-refractivity contribution in [1.29, 1.82) is 0 Å². The summed E-state index contributed by atoms with van der Waals surface area (Å²) in [6.07, 6.45) is 3.47. The van der Waals surface area contributed by atoms with Gasteiger partial charge in [-0.15, -0.1) is 0 Å². The zero-order valence-electron chi connectivity index (χ0n) is 22.6. The van der Waals surface area contributed by atoms with E-state index in [1.54, 1.807) is 17.3 Å². The summed E-state index contributed by atoms with van der Waals surface area (Å²) in [6.45, 7) is 1.53. The topological polar surface area (TPSA) is 145 Å². The Labute approximate surface area is 234 Å². The monoisotopic (exact) mass is 547 g/mol. The van der Waals surface area contributed by atoms with Crippen LogP contribution < -0.4 is 11.1 Å². The van der Waals surface area contributed by atoms with Crippen LogP contribution in [0.2, 0.25) is 0 Å². The second kappa shape index (κ2) is 16.7. The van der Waals surface area contributed by atoms with Crippen LogP contribution in [0.25, 0.3) is 0 Å². The number of hydrogen-bond acceptors (Lipinski definition) is 8. The molecule has 212 valence electrons. The van der Waals surface area contributed by atoms with Gasteiger partial charge in [0.2, 0.25) is 17.7 Å². The van der Waals surface area contributed by atoms with Crippen LogP contribution in [0.1, 0.15) is 17.0 Å². The number of pyridine rings is 2. The molecule has 1 aromatic carbocycles. The normalized spacial score (nSPS) is 11.0. The third kappa shape index (κ3) is 11.3. The van der Waals surface area contributed by atoms with Crippen molar-refractivity contribution >= 4 is 17.7 Å². The summed E-state index contributed by atoms with van der Waals surface area (Å²) < 4.78 is 0. The molecule has 0 aliphatic heterocycles. The van der Waals surface area contributed by atoms with Gasteiger partial charge in [0.15, 0.2) is 0 Å². The van der Waals surface area contributed by atoms with Crippen molar-refractivity contribution in [3.05, 3.63) is 96.1 Å². The van der Waals surface area contributed by atoms with E-state index >= 15 is 0 Å². The maximum atomic E-state index is 13.2. The molecule has 3 rings (SSSR count). The van der Waals surface area contributed by atoms with Crippen LogP contribution in [0.15, 0.2) is 79.1 Å². The van der Waals surface area contributed by atoms with Crippen LogP contribution in [0, 0.1) is 0 Å². The van der Waals surface area contributed by atoms with Crippen molar-refractivity contribution in [3.8, 4) is 0 Å². The summed E-state index contributed by atoms with van der Waals surface area (Å²) in [7, 11) is 0. The number of nitrogens with two attached hydrogens (primary N) is 1. The smallest absolute Gasteiger partial charge is 0.239 e. The number of primary amides is 1. The Morgan fingerprint density at radius 2 is 1.35 bits per heavy atom. The first-order valence-electron chi connectivity index (χ1n) is 13.1. The van der Waals surface area contributed by atoms with Crippen molar-refractivity contribution in [1.82, 2.24) is 30.0 Å². The highest BCUT2D eigenvalue weighted by Crippen LogP contribution is 2.08. The standard InChI is InChI=1S/C29H37N7O4/c30-27(38)21-35(15-14-34(19-25-10-4-6-12-31-25)20-26-11-5-7-13-32-26)23-29(40)36(16-17-37)22-28(39)33-18-24-8-2-1-3-9-24/h1-13,37H,14-23H2,(H2,30,38)(H,33,39). The molecule has 11 heteroatoms. The largest absolute Gasteiger partial charge is 0.395 e. The zero-order chi connectivity index (χ0) is 28.6. The van der Waals surface area contributed by atoms with Gasteiger partial charge in [0, 0.05) is 51.7 Å². The van der Waals surface area contributed by atoms with Crippen molar-refractivity contribution in [3.63, 3.8) is 0 Å². The maximum absolute atomic E-state index is 13.2. The quantitative estimate of drug-likeness (QED) is 0.220. The second-order valence-corrected chi connectivity index (χ2v) is 9.33. The lowest BCUT2D eigenvalue weighted by molar-refractivity contribution is -0.138. The number of nitrogens with zero attached hydrogens (tertiary/aromatic N) is 5. The number of carbonyl (C=O) groups excluding carboxylic acids is 3. The van der Waals surface area contributed by atoms with Crippen molar-refractivity contribution < 1.29 is 19.5 Å². The van der Waals surface area contributed by atoms with E-state index in [4.69, 9.17) is 5.73 Å². The average molecular weight is 548 g/mol. The molecule has 0 saturated carbocycles. The van der Waals surface area contributed by atoms with Gasteiger partial charge < -0.3 is 21.1 Å². The predicted octanol–water partition coefficient (Wildman–Crippen LogP) is 0.403. The molecular weight excluding hydrogens is 510 g/mol. The fourth-order valence-corrected chi connectivity index (χ4v) is 4.10. The predicted molar refractivity (Wildman–Crippen MR) is 150 cm³/mol. The van der Waals surface area contributed by atoms with E-state index in [0.717, 1.165) is 17.0 Å². The summed E-state index contributed by atoms with van der Waals surface area (Å²) in [5.74, 6) is -1.29. The molecule has 11 nitrogen and oxygen atoms in total. The molecule has 2 heterocycles. The molecule has 0 radical (unpaired) electrons. The van der Waals surface area contributed by atoms with Crippen LogP contribution in [0.5, 0.6) is 0 Å². The Morgan fingerprint density at radius 3 is 1.90 bits per heavy atom. The molecule has 0 aliphatic carbocycles. The lowest BCUT2D eigenvalue weighted by Gasteiger charge is -2.28. The number of carbonyl (C=O) groups is 3. The molecule has 4 N–H and O–H groups in total. The van der Waals surface area contributed by atoms with E-state index < -0.39 is 5.91 Å². The summed E-state index contributed by atoms with van der Waals surface area (Å²) >= 11 is 0. The third-order valence-corrected chi connectivity index (χ3v) is 6.08. The molecule has 0 atom stereocenters. The third-order valence-electron chi connectivity index (χ3n) is 6.08. The Balaban J connectivity index is 1.61. The van der Waals surface area contributed by atoms with Crippen molar-refractivity contribution in [2.75, 3.05) is 45.9 Å². The number of aliphatic hydroxyl groups is 1. The van der Waals surface area contributed by atoms with E-state index in [1.165, 1.54) is 4.90 Å². The van der Waals surface area contributed by atoms with Gasteiger partial charge in [-0.25, -0.2) is 0 Å². The van der Waals surface area contributed by atoms with Crippen molar-refractivity contribution in [2.45, 2.75) is 19.6 Å². The summed E-state index contributed by atoms with van der Waals surface area (Å²) in [6, 6.07) is 20.9. The maximum Gasteiger partial charge on any atom is 0.239 e. The second-order valence-electron chi connectivity index (χ2n) is 9.33. The van der Waals surface area contributed by atoms with Gasteiger partial charge >= 0.3 is 0 Å². The molecule has 0 unspecified atom stereocenters. The minimum Gasteiger partial charge on any atom is -0.395 e. The molecular formula is C29H37N7O4. The van der Waals surface area contributed by atoms with Gasteiger partial charge in [-0.3, -0.25) is 34.2 Å². The average Bonchev–Trinajstić information content (AvgIpc) is 2.96. The van der Waals surface area contributed by atoms with Gasteiger partial charge in [-0.2, -0.15) is 0 Å². The lowest BCUT2D eigenvalue weighted by atomic mass is 10.2. The number of hydrogen-bond donors (Lipinski definition) is 3. The molecule has 3 aromatic rings. The number of rotatable bonds is 17. The highest BCUT2D eigenvalue weighted by molar-refractivity contribution is 5.86. The van der Waals surface area contributed by atoms with E-state index in [1.807, 2.05) is 66.7 Å². The van der Waals surface area contributed by atoms with Crippen LogP contribution in [0.3, 0.4) is 0 Å². The fourth-order valence-electron chi connectivity index (χ4n) is 4.10. The van der Waals surface area contributed by atoms with Gasteiger partial charge in [0.25, 0.3) is 0 Å². The minimum atomic E-state index is -0.567. The number of benzene rings is 1. The lowest BCUT2D eigenvalue weighted by Crippen LogP contribution is -2.48. The van der Waals surface area contributed by atoms with Gasteiger partial charge in [-0.1, -0.05) is 42.5 Å². The fraction of sp³-hybridized carbons (Fsp3) is 0.345. The van der Waals surface area contributed by atoms with E-state index in [2.05, 4.69) is 20.2 Å². The summed E-state index contributed by atoms with van der Waals surface area (Å²) in [5.41, 5.74) is 8.19. The number of amides is 3. The van der Waals surface area contributed by atoms with Crippen LogP contribution in [-0.2, 0) is 34.0 Å². The Bertz CT molecular complexity index is 1140. The molecule has 2 aromatic heterocycles. The SMILES string of the molecule is NC(=O)CN(CCN(Cc1ccccn1)Cc1ccccn1)CC(=O)N(CCO)CC(=O)NCc1ccccc1. The molecule has 0 fully saturated rings. The zero-order valence-corrected chi connectivity index (χ0v) is 22.6. The molecule has 0 spiro atoms.